The van der Waals surface area contributed by atoms with Gasteiger partial charge in [-0.15, -0.1) is 0 Å². The van der Waals surface area contributed by atoms with Gasteiger partial charge in [-0.2, -0.15) is 0 Å². The average Bonchev–Trinajstić information content (AvgIpc) is 2.28. The Morgan fingerprint density at radius 2 is 1.67 bits per heavy atom. The van der Waals surface area contributed by atoms with Gasteiger partial charge in [0, 0.05) is 12.1 Å². The molecule has 2 fully saturated rings. The highest BCUT2D eigenvalue weighted by atomic mass is 32.2. The van der Waals surface area contributed by atoms with Gasteiger partial charge in [0.2, 0.25) is 10.0 Å². The number of nitrogens with one attached hydrogen (secondary N) is 1. The molecule has 2 rings (SSSR count). The van der Waals surface area contributed by atoms with Crippen LogP contribution in [0, 0.1) is 0 Å². The Balaban J connectivity index is 2.13. The van der Waals surface area contributed by atoms with Crippen LogP contribution in [-0.2, 0) is 10.0 Å². The molecule has 2 aliphatic rings. The molecule has 2 heterocycles. The Morgan fingerprint density at radius 1 is 1.17 bits per heavy atom. The van der Waals surface area contributed by atoms with Gasteiger partial charge in [0.25, 0.3) is 0 Å². The van der Waals surface area contributed by atoms with E-state index >= 15 is 0 Å². The zero-order chi connectivity index (χ0) is 8.77. The highest BCUT2D eigenvalue weighted by Gasteiger charge is 2.37. The fraction of sp³-hybridized carbons (Fsp3) is 1.00. The average molecular weight is 190 g/mol. The monoisotopic (exact) mass is 190 g/mol. The van der Waals surface area contributed by atoms with E-state index < -0.39 is 10.0 Å². The van der Waals surface area contributed by atoms with Crippen molar-refractivity contribution in [3.05, 3.63) is 0 Å². The highest BCUT2D eigenvalue weighted by Crippen LogP contribution is 2.29. The molecule has 2 aliphatic heterocycles. The Bertz CT molecular complexity index is 263. The number of piperidine rings is 1. The SMILES string of the molecule is NS(=O)(=O)[C@@H]1C[C@H]2CC[C@@H](C1)N2. The third-order valence-electron chi connectivity index (χ3n) is 2.89. The lowest BCUT2D eigenvalue weighted by atomic mass is 10.1. The van der Waals surface area contributed by atoms with Crippen LogP contribution in [0.15, 0.2) is 0 Å². The second kappa shape index (κ2) is 2.68. The van der Waals surface area contributed by atoms with Crippen LogP contribution < -0.4 is 10.5 Å². The number of hydrogen-bond donors (Lipinski definition) is 2. The van der Waals surface area contributed by atoms with Crippen molar-refractivity contribution in [3.8, 4) is 0 Å². The summed E-state index contributed by atoms with van der Waals surface area (Å²) in [5.41, 5.74) is 0. The van der Waals surface area contributed by atoms with Crippen molar-refractivity contribution in [3.63, 3.8) is 0 Å². The van der Waals surface area contributed by atoms with Crippen molar-refractivity contribution in [1.82, 2.24) is 5.32 Å². The summed E-state index contributed by atoms with van der Waals surface area (Å²) >= 11 is 0. The van der Waals surface area contributed by atoms with Crippen LogP contribution in [0.5, 0.6) is 0 Å². The molecule has 0 radical (unpaired) electrons. The molecule has 5 heteroatoms. The van der Waals surface area contributed by atoms with E-state index in [1.54, 1.807) is 0 Å². The molecule has 3 atom stereocenters. The summed E-state index contributed by atoms with van der Waals surface area (Å²) in [6.07, 6.45) is 3.62. The number of nitrogens with two attached hydrogens (primary N) is 1. The first-order valence-electron chi connectivity index (χ1n) is 4.33. The Hall–Kier alpha value is -0.130. The molecule has 0 spiro atoms. The maximum Gasteiger partial charge on any atom is 0.212 e. The van der Waals surface area contributed by atoms with Crippen molar-refractivity contribution in [1.29, 1.82) is 0 Å². The predicted octanol–water partition coefficient (Wildman–Crippen LogP) is -0.442. The summed E-state index contributed by atoms with van der Waals surface area (Å²) in [4.78, 5) is 0. The minimum Gasteiger partial charge on any atom is -0.311 e. The molecule has 0 aromatic carbocycles. The maximum absolute atomic E-state index is 11.1. The van der Waals surface area contributed by atoms with Crippen LogP contribution in [0.25, 0.3) is 0 Å². The van der Waals surface area contributed by atoms with Crippen molar-refractivity contribution >= 4 is 10.0 Å². The summed E-state index contributed by atoms with van der Waals surface area (Å²) in [6, 6.07) is 0.791. The van der Waals surface area contributed by atoms with Crippen LogP contribution in [0.2, 0.25) is 0 Å². The summed E-state index contributed by atoms with van der Waals surface area (Å²) in [5.74, 6) is 0. The van der Waals surface area contributed by atoms with E-state index in [4.69, 9.17) is 5.14 Å². The normalized spacial score (nSPS) is 41.6. The van der Waals surface area contributed by atoms with E-state index in [0.717, 1.165) is 12.8 Å². The van der Waals surface area contributed by atoms with Crippen LogP contribution in [-0.4, -0.2) is 25.8 Å². The number of primary sulfonamides is 1. The standard InChI is InChI=1S/C7H14N2O2S/c8-12(10,11)7-3-5-1-2-6(4-7)9-5/h5-7,9H,1-4H2,(H2,8,10,11)/t5-,6+,7-. The number of sulfonamides is 1. The van der Waals surface area contributed by atoms with Gasteiger partial charge in [-0.05, 0) is 25.7 Å². The molecular formula is C7H14N2O2S. The first-order chi connectivity index (χ1) is 5.55. The van der Waals surface area contributed by atoms with E-state index in [1.165, 1.54) is 0 Å². The van der Waals surface area contributed by atoms with Crippen LogP contribution in [0.1, 0.15) is 25.7 Å². The Kier molecular flexibility index (Phi) is 1.89. The number of fused-ring (bicyclic) bond motifs is 2. The fourth-order valence-corrected chi connectivity index (χ4v) is 3.27. The largest absolute Gasteiger partial charge is 0.311 e. The zero-order valence-electron chi connectivity index (χ0n) is 6.86. The van der Waals surface area contributed by atoms with Gasteiger partial charge in [0.15, 0.2) is 0 Å². The summed E-state index contributed by atoms with van der Waals surface area (Å²) < 4.78 is 22.1. The molecule has 4 nitrogen and oxygen atoms in total. The van der Waals surface area contributed by atoms with Gasteiger partial charge in [-0.3, -0.25) is 0 Å². The van der Waals surface area contributed by atoms with E-state index in [0.29, 0.717) is 24.9 Å². The van der Waals surface area contributed by atoms with Gasteiger partial charge in [-0.1, -0.05) is 0 Å². The molecule has 0 amide bonds. The van der Waals surface area contributed by atoms with Gasteiger partial charge >= 0.3 is 0 Å². The molecule has 2 bridgehead atoms. The second-order valence-corrected chi connectivity index (χ2v) is 5.67. The molecule has 0 aromatic heterocycles. The zero-order valence-corrected chi connectivity index (χ0v) is 7.68. The molecule has 70 valence electrons. The molecule has 3 N–H and O–H groups in total. The summed E-state index contributed by atoms with van der Waals surface area (Å²) in [6.45, 7) is 0. The van der Waals surface area contributed by atoms with Crippen molar-refractivity contribution in [2.24, 2.45) is 5.14 Å². The lowest BCUT2D eigenvalue weighted by Crippen LogP contribution is -2.45. The quantitative estimate of drug-likeness (QED) is 0.588. The Morgan fingerprint density at radius 3 is 2.08 bits per heavy atom. The molecule has 0 unspecified atom stereocenters. The van der Waals surface area contributed by atoms with E-state index in [9.17, 15) is 8.42 Å². The molecule has 0 aromatic rings. The molecular weight excluding hydrogens is 176 g/mol. The van der Waals surface area contributed by atoms with Crippen molar-refractivity contribution < 1.29 is 8.42 Å². The summed E-state index contributed by atoms with van der Waals surface area (Å²) in [5, 5.41) is 8.18. The fourth-order valence-electron chi connectivity index (χ4n) is 2.27. The third kappa shape index (κ3) is 1.48. The maximum atomic E-state index is 11.1. The number of rotatable bonds is 1. The molecule has 0 saturated carbocycles. The van der Waals surface area contributed by atoms with Crippen LogP contribution >= 0.6 is 0 Å². The third-order valence-corrected chi connectivity index (χ3v) is 4.21. The molecule has 12 heavy (non-hydrogen) atoms. The minimum absolute atomic E-state index is 0.295. The van der Waals surface area contributed by atoms with Crippen molar-refractivity contribution in [2.75, 3.05) is 0 Å². The lowest BCUT2D eigenvalue weighted by Gasteiger charge is -2.27. The first kappa shape index (κ1) is 8.47. The van der Waals surface area contributed by atoms with E-state index in [2.05, 4.69) is 5.32 Å². The van der Waals surface area contributed by atoms with Gasteiger partial charge in [0.1, 0.15) is 0 Å². The van der Waals surface area contributed by atoms with Crippen LogP contribution in [0.4, 0.5) is 0 Å². The Labute approximate surface area is 72.6 Å². The second-order valence-electron chi connectivity index (χ2n) is 3.82. The molecule has 2 saturated heterocycles. The van der Waals surface area contributed by atoms with Crippen LogP contribution in [0.3, 0.4) is 0 Å². The van der Waals surface area contributed by atoms with Gasteiger partial charge < -0.3 is 5.32 Å². The highest BCUT2D eigenvalue weighted by molar-refractivity contribution is 7.89. The summed E-state index contributed by atoms with van der Waals surface area (Å²) in [7, 11) is -3.29. The molecule has 0 aliphatic carbocycles. The topological polar surface area (TPSA) is 72.2 Å². The lowest BCUT2D eigenvalue weighted by molar-refractivity contribution is 0.401. The smallest absolute Gasteiger partial charge is 0.212 e. The van der Waals surface area contributed by atoms with Gasteiger partial charge in [0.05, 0.1) is 5.25 Å². The predicted molar refractivity (Wildman–Crippen MR) is 46.1 cm³/mol. The number of hydrogen-bond acceptors (Lipinski definition) is 3. The first-order valence-corrected chi connectivity index (χ1v) is 5.94. The minimum atomic E-state index is -3.29. The van der Waals surface area contributed by atoms with Gasteiger partial charge in [-0.25, -0.2) is 13.6 Å². The van der Waals surface area contributed by atoms with E-state index in [1.807, 2.05) is 0 Å². The van der Waals surface area contributed by atoms with E-state index in [-0.39, 0.29) is 5.25 Å². The van der Waals surface area contributed by atoms with Crippen molar-refractivity contribution in [2.45, 2.75) is 43.0 Å².